The zero-order valence-electron chi connectivity index (χ0n) is 18.7. The van der Waals surface area contributed by atoms with E-state index < -0.39 is 6.10 Å². The first kappa shape index (κ1) is 20.4. The molecule has 3 saturated heterocycles. The summed E-state index contributed by atoms with van der Waals surface area (Å²) in [6.07, 6.45) is 6.84. The van der Waals surface area contributed by atoms with Crippen LogP contribution < -0.4 is 0 Å². The van der Waals surface area contributed by atoms with Gasteiger partial charge in [-0.15, -0.1) is 6.58 Å². The first-order chi connectivity index (χ1) is 14.9. The number of aliphatic hydroxyl groups excluding tert-OH is 1. The van der Waals surface area contributed by atoms with Gasteiger partial charge in [-0.25, -0.2) is 0 Å². The predicted octanol–water partition coefficient (Wildman–Crippen LogP) is 5.64. The largest absolute Gasteiger partial charge is 0.382 e. The van der Waals surface area contributed by atoms with Gasteiger partial charge in [-0.05, 0) is 31.5 Å². The summed E-state index contributed by atoms with van der Waals surface area (Å²) >= 11 is 0. The van der Waals surface area contributed by atoms with Gasteiger partial charge in [-0.3, -0.25) is 4.98 Å². The molecule has 3 nitrogen and oxygen atoms in total. The SMILES string of the molecule is C=CC12CC[N+](Cc3cc(C)cc(C)c3)(CC1)C([C@@H](O)c1ccnc3ccccc13)C2. The van der Waals surface area contributed by atoms with E-state index in [1.165, 1.54) is 29.5 Å². The fourth-order valence-corrected chi connectivity index (χ4v) is 6.35. The number of piperidine rings is 3. The first-order valence-corrected chi connectivity index (χ1v) is 11.5. The van der Waals surface area contributed by atoms with Gasteiger partial charge in [0, 0.05) is 41.8 Å². The number of pyridine rings is 1. The Morgan fingerprint density at radius 1 is 1.13 bits per heavy atom. The number of quaternary nitrogens is 1. The fourth-order valence-electron chi connectivity index (χ4n) is 6.35. The molecular weight excluding hydrogens is 380 g/mol. The Labute approximate surface area is 185 Å². The summed E-state index contributed by atoms with van der Waals surface area (Å²) in [5.74, 6) is 0. The van der Waals surface area contributed by atoms with Crippen molar-refractivity contribution in [3.63, 3.8) is 0 Å². The summed E-state index contributed by atoms with van der Waals surface area (Å²) in [6.45, 7) is 11.8. The molecule has 3 aliphatic heterocycles. The van der Waals surface area contributed by atoms with Crippen LogP contribution in [0.1, 0.15) is 47.6 Å². The molecule has 31 heavy (non-hydrogen) atoms. The van der Waals surface area contributed by atoms with Crippen molar-refractivity contribution in [1.82, 2.24) is 4.98 Å². The summed E-state index contributed by atoms with van der Waals surface area (Å²) < 4.78 is 0.969. The highest BCUT2D eigenvalue weighted by Gasteiger charge is 2.56. The van der Waals surface area contributed by atoms with Crippen LogP contribution in [0.4, 0.5) is 0 Å². The number of benzene rings is 2. The van der Waals surface area contributed by atoms with Gasteiger partial charge >= 0.3 is 0 Å². The normalized spacial score (nSPS) is 28.5. The number of aliphatic hydroxyl groups is 1. The van der Waals surface area contributed by atoms with Crippen LogP contribution in [0.15, 0.2) is 67.4 Å². The molecule has 1 unspecified atom stereocenters. The van der Waals surface area contributed by atoms with Crippen LogP contribution in [0, 0.1) is 19.3 Å². The highest BCUT2D eigenvalue weighted by molar-refractivity contribution is 5.82. The molecule has 4 heterocycles. The smallest absolute Gasteiger partial charge is 0.131 e. The average molecular weight is 414 g/mol. The Morgan fingerprint density at radius 2 is 1.84 bits per heavy atom. The molecule has 3 heteroatoms. The van der Waals surface area contributed by atoms with Crippen molar-refractivity contribution in [2.45, 2.75) is 51.8 Å². The molecule has 1 aromatic heterocycles. The molecule has 6 rings (SSSR count). The summed E-state index contributed by atoms with van der Waals surface area (Å²) in [5, 5.41) is 12.9. The lowest BCUT2D eigenvalue weighted by atomic mass is 9.65. The Hall–Kier alpha value is -2.49. The zero-order chi connectivity index (χ0) is 21.6. The number of fused-ring (bicyclic) bond motifs is 4. The van der Waals surface area contributed by atoms with Gasteiger partial charge in [0.25, 0.3) is 0 Å². The molecule has 1 N–H and O–H groups in total. The highest BCUT2D eigenvalue weighted by Crippen LogP contribution is 2.52. The van der Waals surface area contributed by atoms with Crippen molar-refractivity contribution < 1.29 is 9.59 Å². The fraction of sp³-hybridized carbons (Fsp3) is 0.393. The quantitative estimate of drug-likeness (QED) is 0.434. The number of aryl methyl sites for hydroxylation is 2. The van der Waals surface area contributed by atoms with Crippen molar-refractivity contribution in [2.24, 2.45) is 5.41 Å². The Morgan fingerprint density at radius 3 is 2.55 bits per heavy atom. The third-order valence-corrected chi connectivity index (χ3v) is 8.01. The van der Waals surface area contributed by atoms with Crippen LogP contribution in [0.25, 0.3) is 10.9 Å². The molecule has 0 radical (unpaired) electrons. The van der Waals surface area contributed by atoms with Crippen LogP contribution in [0.5, 0.6) is 0 Å². The molecule has 0 aliphatic carbocycles. The minimum Gasteiger partial charge on any atom is -0.382 e. The van der Waals surface area contributed by atoms with Crippen molar-refractivity contribution in [2.75, 3.05) is 13.1 Å². The summed E-state index contributed by atoms with van der Waals surface area (Å²) in [4.78, 5) is 4.52. The van der Waals surface area contributed by atoms with E-state index in [0.717, 1.165) is 47.0 Å². The molecule has 3 aliphatic rings. The van der Waals surface area contributed by atoms with E-state index in [1.54, 1.807) is 0 Å². The van der Waals surface area contributed by atoms with Gasteiger partial charge in [-0.1, -0.05) is 53.6 Å². The van der Waals surface area contributed by atoms with E-state index in [2.05, 4.69) is 55.8 Å². The summed E-state index contributed by atoms with van der Waals surface area (Å²) in [5.41, 5.74) is 6.16. The average Bonchev–Trinajstić information content (AvgIpc) is 2.78. The number of rotatable bonds is 5. The molecule has 2 aromatic carbocycles. The lowest BCUT2D eigenvalue weighted by Gasteiger charge is -2.59. The van der Waals surface area contributed by atoms with Gasteiger partial charge in [0.2, 0.25) is 0 Å². The molecular formula is C28H33N2O+. The summed E-state index contributed by atoms with van der Waals surface area (Å²) in [6, 6.07) is 17.3. The monoisotopic (exact) mass is 413 g/mol. The van der Waals surface area contributed by atoms with Crippen LogP contribution >= 0.6 is 0 Å². The lowest BCUT2D eigenvalue weighted by Crippen LogP contribution is -2.67. The van der Waals surface area contributed by atoms with E-state index >= 15 is 0 Å². The van der Waals surface area contributed by atoms with Crippen molar-refractivity contribution in [3.8, 4) is 0 Å². The Bertz CT molecular complexity index is 1100. The van der Waals surface area contributed by atoms with E-state index in [4.69, 9.17) is 0 Å². The Balaban J connectivity index is 1.57. The highest BCUT2D eigenvalue weighted by atomic mass is 16.3. The van der Waals surface area contributed by atoms with E-state index in [1.807, 2.05) is 30.5 Å². The van der Waals surface area contributed by atoms with E-state index in [0.29, 0.717) is 0 Å². The molecule has 2 atom stereocenters. The van der Waals surface area contributed by atoms with Gasteiger partial charge < -0.3 is 9.59 Å². The van der Waals surface area contributed by atoms with Crippen molar-refractivity contribution in [1.29, 1.82) is 0 Å². The van der Waals surface area contributed by atoms with Crippen LogP contribution in [0.3, 0.4) is 0 Å². The van der Waals surface area contributed by atoms with E-state index in [-0.39, 0.29) is 11.5 Å². The summed E-state index contributed by atoms with van der Waals surface area (Å²) in [7, 11) is 0. The number of hydrogen-bond acceptors (Lipinski definition) is 2. The number of allylic oxidation sites excluding steroid dienone is 1. The van der Waals surface area contributed by atoms with Gasteiger partial charge in [0.05, 0.1) is 18.6 Å². The minimum atomic E-state index is -0.515. The maximum Gasteiger partial charge on any atom is 0.131 e. The zero-order valence-corrected chi connectivity index (χ0v) is 18.7. The molecule has 0 saturated carbocycles. The Kier molecular flexibility index (Phi) is 4.99. The number of nitrogens with zero attached hydrogens (tertiary/aromatic N) is 2. The van der Waals surface area contributed by atoms with Crippen LogP contribution in [-0.2, 0) is 6.54 Å². The van der Waals surface area contributed by atoms with Crippen molar-refractivity contribution in [3.05, 3.63) is 89.6 Å². The maximum atomic E-state index is 11.9. The lowest BCUT2D eigenvalue weighted by molar-refractivity contribution is -0.983. The molecule has 160 valence electrons. The minimum absolute atomic E-state index is 0.159. The molecule has 0 spiro atoms. The predicted molar refractivity (Wildman–Crippen MR) is 127 cm³/mol. The number of para-hydroxylation sites is 1. The van der Waals surface area contributed by atoms with Gasteiger partial charge in [0.15, 0.2) is 0 Å². The molecule has 0 amide bonds. The topological polar surface area (TPSA) is 33.1 Å². The second-order valence-corrected chi connectivity index (χ2v) is 10.0. The number of hydrogen-bond donors (Lipinski definition) is 1. The third kappa shape index (κ3) is 3.50. The molecule has 3 fully saturated rings. The maximum absolute atomic E-state index is 11.9. The van der Waals surface area contributed by atoms with Gasteiger partial charge in [-0.2, -0.15) is 0 Å². The van der Waals surface area contributed by atoms with Crippen molar-refractivity contribution >= 4 is 10.9 Å². The number of aromatic nitrogens is 1. The van der Waals surface area contributed by atoms with Crippen LogP contribution in [-0.4, -0.2) is 33.7 Å². The second-order valence-electron chi connectivity index (χ2n) is 10.0. The van der Waals surface area contributed by atoms with E-state index in [9.17, 15) is 5.11 Å². The first-order valence-electron chi connectivity index (χ1n) is 11.5. The second kappa shape index (κ2) is 7.58. The molecule has 2 bridgehead atoms. The van der Waals surface area contributed by atoms with Gasteiger partial charge in [0.1, 0.15) is 18.7 Å². The third-order valence-electron chi connectivity index (χ3n) is 8.01. The molecule has 3 aromatic rings. The standard InChI is InChI=1S/C28H33N2O/c1-4-28-10-13-30(14-11-28,19-22-16-20(2)15-21(3)17-22)26(18-28)27(31)24-9-12-29-25-8-6-5-7-23(24)25/h4-9,12,15-17,26-27,31H,1,10-11,13-14,18-19H2,2-3H3/q+1/t26?,27-,28?,30?/m0/s1. The van der Waals surface area contributed by atoms with Crippen LogP contribution in [0.2, 0.25) is 0 Å².